The molecule has 1 N–H and O–H groups in total. The number of hydrogen-bond acceptors (Lipinski definition) is 5. The predicted octanol–water partition coefficient (Wildman–Crippen LogP) is 4.62. The number of fused-ring (bicyclic) bond motifs is 1. The van der Waals surface area contributed by atoms with Gasteiger partial charge in [-0.05, 0) is 12.1 Å². The smallest absolute Gasteiger partial charge is 0.183 e. The Morgan fingerprint density at radius 3 is 3.05 bits per heavy atom. The number of rotatable bonds is 4. The second-order valence-corrected chi connectivity index (χ2v) is 6.59. The molecule has 6 heteroatoms. The van der Waals surface area contributed by atoms with Gasteiger partial charge in [0.15, 0.2) is 5.13 Å². The SMILES string of the molecule is CC(CNc1nc2cccc(Cl)c2s1)c1nccs1. The van der Waals surface area contributed by atoms with Crippen LogP contribution in [0, 0.1) is 0 Å². The number of hydrogen-bond donors (Lipinski definition) is 1. The molecular formula is C13H12ClN3S2. The quantitative estimate of drug-likeness (QED) is 0.764. The minimum atomic E-state index is 0.377. The average molecular weight is 310 g/mol. The van der Waals surface area contributed by atoms with Crippen LogP contribution in [0.5, 0.6) is 0 Å². The van der Waals surface area contributed by atoms with Gasteiger partial charge in [0.25, 0.3) is 0 Å². The molecule has 3 nitrogen and oxygen atoms in total. The summed E-state index contributed by atoms with van der Waals surface area (Å²) in [7, 11) is 0. The third-order valence-electron chi connectivity index (χ3n) is 2.80. The van der Waals surface area contributed by atoms with Gasteiger partial charge in [-0.2, -0.15) is 0 Å². The van der Waals surface area contributed by atoms with Gasteiger partial charge < -0.3 is 5.32 Å². The van der Waals surface area contributed by atoms with Gasteiger partial charge in [0.2, 0.25) is 0 Å². The van der Waals surface area contributed by atoms with Gasteiger partial charge in [-0.3, -0.25) is 0 Å². The summed E-state index contributed by atoms with van der Waals surface area (Å²) in [6.45, 7) is 2.98. The maximum Gasteiger partial charge on any atom is 0.183 e. The fourth-order valence-electron chi connectivity index (χ4n) is 1.80. The van der Waals surface area contributed by atoms with Crippen molar-refractivity contribution in [1.82, 2.24) is 9.97 Å². The Morgan fingerprint density at radius 2 is 2.32 bits per heavy atom. The van der Waals surface area contributed by atoms with E-state index in [9.17, 15) is 0 Å². The molecule has 19 heavy (non-hydrogen) atoms. The van der Waals surface area contributed by atoms with Crippen LogP contribution in [0.2, 0.25) is 5.02 Å². The second-order valence-electron chi connectivity index (χ2n) is 4.26. The second kappa shape index (κ2) is 5.45. The highest BCUT2D eigenvalue weighted by Crippen LogP contribution is 2.32. The number of benzene rings is 1. The maximum absolute atomic E-state index is 6.15. The molecular weight excluding hydrogens is 298 g/mol. The van der Waals surface area contributed by atoms with Crippen molar-refractivity contribution in [2.24, 2.45) is 0 Å². The van der Waals surface area contributed by atoms with Crippen LogP contribution in [-0.2, 0) is 0 Å². The lowest BCUT2D eigenvalue weighted by molar-refractivity contribution is 0.794. The molecule has 0 aliphatic heterocycles. The van der Waals surface area contributed by atoms with Crippen molar-refractivity contribution in [3.8, 4) is 0 Å². The maximum atomic E-state index is 6.15. The third kappa shape index (κ3) is 2.73. The lowest BCUT2D eigenvalue weighted by Crippen LogP contribution is -2.09. The summed E-state index contributed by atoms with van der Waals surface area (Å²) in [5.41, 5.74) is 0.946. The van der Waals surface area contributed by atoms with E-state index in [0.717, 1.165) is 31.9 Å². The van der Waals surface area contributed by atoms with Gasteiger partial charge in [-0.25, -0.2) is 9.97 Å². The fraction of sp³-hybridized carbons (Fsp3) is 0.231. The van der Waals surface area contributed by atoms with Crippen molar-refractivity contribution < 1.29 is 0 Å². The normalized spacial score (nSPS) is 12.7. The minimum absolute atomic E-state index is 0.377. The Bertz CT molecular complexity index is 678. The van der Waals surface area contributed by atoms with Crippen LogP contribution >= 0.6 is 34.3 Å². The topological polar surface area (TPSA) is 37.8 Å². The highest BCUT2D eigenvalue weighted by atomic mass is 35.5. The van der Waals surface area contributed by atoms with E-state index in [1.807, 2.05) is 29.8 Å². The van der Waals surface area contributed by atoms with Crippen LogP contribution in [0.15, 0.2) is 29.8 Å². The predicted molar refractivity (Wildman–Crippen MR) is 83.6 cm³/mol. The molecule has 0 amide bonds. The van der Waals surface area contributed by atoms with E-state index < -0.39 is 0 Å². The Morgan fingerprint density at radius 1 is 1.42 bits per heavy atom. The van der Waals surface area contributed by atoms with Crippen LogP contribution in [0.4, 0.5) is 5.13 Å². The summed E-state index contributed by atoms with van der Waals surface area (Å²) in [6, 6.07) is 5.80. The van der Waals surface area contributed by atoms with Crippen LogP contribution in [0.3, 0.4) is 0 Å². The van der Waals surface area contributed by atoms with Gasteiger partial charge in [-0.1, -0.05) is 35.9 Å². The molecule has 0 radical (unpaired) electrons. The fourth-order valence-corrected chi connectivity index (χ4v) is 3.66. The zero-order valence-corrected chi connectivity index (χ0v) is 12.6. The molecule has 0 fully saturated rings. The Labute approximate surface area is 124 Å². The van der Waals surface area contributed by atoms with Crippen molar-refractivity contribution >= 4 is 49.6 Å². The molecule has 1 atom stereocenters. The van der Waals surface area contributed by atoms with Crippen molar-refractivity contribution in [1.29, 1.82) is 0 Å². The number of aromatic nitrogens is 2. The van der Waals surface area contributed by atoms with E-state index in [1.165, 1.54) is 0 Å². The highest BCUT2D eigenvalue weighted by Gasteiger charge is 2.10. The molecule has 0 aliphatic carbocycles. The van der Waals surface area contributed by atoms with E-state index in [1.54, 1.807) is 22.7 Å². The van der Waals surface area contributed by atoms with E-state index >= 15 is 0 Å². The molecule has 2 aromatic heterocycles. The van der Waals surface area contributed by atoms with Crippen molar-refractivity contribution in [3.63, 3.8) is 0 Å². The van der Waals surface area contributed by atoms with Gasteiger partial charge >= 0.3 is 0 Å². The summed E-state index contributed by atoms with van der Waals surface area (Å²) < 4.78 is 1.04. The van der Waals surface area contributed by atoms with Gasteiger partial charge in [0.1, 0.15) is 0 Å². The van der Waals surface area contributed by atoms with E-state index in [0.29, 0.717) is 5.92 Å². The summed E-state index contributed by atoms with van der Waals surface area (Å²) in [5, 5.41) is 8.18. The lowest BCUT2D eigenvalue weighted by atomic mass is 10.2. The third-order valence-corrected chi connectivity index (χ3v) is 5.30. The first-order valence-corrected chi connectivity index (χ1v) is 8.00. The van der Waals surface area contributed by atoms with Crippen LogP contribution in [0.1, 0.15) is 17.8 Å². The van der Waals surface area contributed by atoms with Crippen LogP contribution in [0.25, 0.3) is 10.2 Å². The first-order chi connectivity index (χ1) is 9.24. The molecule has 1 aromatic carbocycles. The molecule has 98 valence electrons. The number of halogens is 1. The zero-order chi connectivity index (χ0) is 13.2. The molecule has 3 aromatic rings. The lowest BCUT2D eigenvalue weighted by Gasteiger charge is -2.08. The summed E-state index contributed by atoms with van der Waals surface area (Å²) >= 11 is 9.42. The first-order valence-electron chi connectivity index (χ1n) is 5.92. The van der Waals surface area contributed by atoms with E-state index in [-0.39, 0.29) is 0 Å². The molecule has 3 rings (SSSR count). The highest BCUT2D eigenvalue weighted by molar-refractivity contribution is 7.22. The molecule has 1 unspecified atom stereocenters. The van der Waals surface area contributed by atoms with Gasteiger partial charge in [0.05, 0.1) is 20.2 Å². The van der Waals surface area contributed by atoms with Crippen molar-refractivity contribution in [3.05, 3.63) is 39.8 Å². The van der Waals surface area contributed by atoms with Gasteiger partial charge in [0, 0.05) is 24.0 Å². The van der Waals surface area contributed by atoms with Crippen molar-refractivity contribution in [2.45, 2.75) is 12.8 Å². The Balaban J connectivity index is 1.73. The van der Waals surface area contributed by atoms with Crippen LogP contribution in [-0.4, -0.2) is 16.5 Å². The molecule has 0 aliphatic rings. The van der Waals surface area contributed by atoms with E-state index in [2.05, 4.69) is 22.2 Å². The number of nitrogens with zero attached hydrogens (tertiary/aromatic N) is 2. The van der Waals surface area contributed by atoms with E-state index in [4.69, 9.17) is 11.6 Å². The first kappa shape index (κ1) is 12.8. The standard InChI is InChI=1S/C13H12ClN3S2/c1-8(12-15-5-6-18-12)7-16-13-17-10-4-2-3-9(14)11(10)19-13/h2-6,8H,7H2,1H3,(H,16,17). The molecule has 0 bridgehead atoms. The molecule has 2 heterocycles. The number of anilines is 1. The molecule has 0 saturated carbocycles. The van der Waals surface area contributed by atoms with Crippen LogP contribution < -0.4 is 5.32 Å². The zero-order valence-electron chi connectivity index (χ0n) is 10.3. The monoisotopic (exact) mass is 309 g/mol. The summed E-state index contributed by atoms with van der Waals surface area (Å²) in [4.78, 5) is 8.86. The Kier molecular flexibility index (Phi) is 3.68. The number of nitrogens with one attached hydrogen (secondary N) is 1. The van der Waals surface area contributed by atoms with Gasteiger partial charge in [-0.15, -0.1) is 11.3 Å². The number of thiazole rings is 2. The Hall–Kier alpha value is -1.17. The largest absolute Gasteiger partial charge is 0.361 e. The molecule has 0 saturated heterocycles. The summed E-state index contributed by atoms with van der Waals surface area (Å²) in [6.07, 6.45) is 1.84. The minimum Gasteiger partial charge on any atom is -0.361 e. The molecule has 0 spiro atoms. The average Bonchev–Trinajstić information content (AvgIpc) is 3.05. The van der Waals surface area contributed by atoms with Crippen molar-refractivity contribution in [2.75, 3.05) is 11.9 Å². The summed E-state index contributed by atoms with van der Waals surface area (Å²) in [5.74, 6) is 0.377.